The molecule has 2 heterocycles. The second-order valence-electron chi connectivity index (χ2n) is 7.63. The van der Waals surface area contributed by atoms with Crippen LogP contribution in [0, 0.1) is 0 Å². The summed E-state index contributed by atoms with van der Waals surface area (Å²) in [7, 11) is 0. The highest BCUT2D eigenvalue weighted by Gasteiger charge is 2.32. The van der Waals surface area contributed by atoms with Crippen LogP contribution >= 0.6 is 0 Å². The predicted molar refractivity (Wildman–Crippen MR) is 118 cm³/mol. The van der Waals surface area contributed by atoms with Gasteiger partial charge in [0.1, 0.15) is 5.52 Å². The molecular formula is C24H18N4O5. The lowest BCUT2D eigenvalue weighted by Crippen LogP contribution is -2.41. The zero-order valence-corrected chi connectivity index (χ0v) is 17.4. The minimum Gasteiger partial charge on any atom is -0.442 e. The number of nitrogens with zero attached hydrogens (tertiary/aromatic N) is 4. The smallest absolute Gasteiger partial charge is 0.307 e. The van der Waals surface area contributed by atoms with Crippen molar-refractivity contribution in [2.75, 3.05) is 6.54 Å². The number of rotatable bonds is 6. The van der Waals surface area contributed by atoms with Crippen molar-refractivity contribution >= 4 is 39.5 Å². The number of hydrogen-bond acceptors (Lipinski definition) is 7. The summed E-state index contributed by atoms with van der Waals surface area (Å²) in [6.07, 6.45) is 0.200. The number of benzene rings is 3. The van der Waals surface area contributed by atoms with Gasteiger partial charge in [0, 0.05) is 29.5 Å². The molecule has 164 valence electrons. The first-order valence-electron chi connectivity index (χ1n) is 10.4. The van der Waals surface area contributed by atoms with E-state index in [4.69, 9.17) is 4.74 Å². The van der Waals surface area contributed by atoms with Crippen LogP contribution in [0.1, 0.15) is 33.6 Å². The molecule has 0 aliphatic carbocycles. The zero-order valence-electron chi connectivity index (χ0n) is 17.4. The summed E-state index contributed by atoms with van der Waals surface area (Å²) >= 11 is 0. The summed E-state index contributed by atoms with van der Waals surface area (Å²) in [6.45, 7) is -0.292. The van der Waals surface area contributed by atoms with Crippen LogP contribution in [0.4, 0.5) is 0 Å². The summed E-state index contributed by atoms with van der Waals surface area (Å²) in [4.78, 5) is 51.5. The Morgan fingerprint density at radius 1 is 0.879 bits per heavy atom. The third kappa shape index (κ3) is 3.63. The number of aromatic nitrogens is 3. The molecule has 0 spiro atoms. The van der Waals surface area contributed by atoms with E-state index in [1.54, 1.807) is 48.5 Å². The first-order valence-corrected chi connectivity index (χ1v) is 10.4. The number of carbonyl (C=O) groups excluding carboxylic acids is 3. The Kier molecular flexibility index (Phi) is 5.14. The lowest BCUT2D eigenvalue weighted by molar-refractivity contribution is -0.148. The van der Waals surface area contributed by atoms with Crippen LogP contribution in [-0.2, 0) is 16.3 Å². The topological polar surface area (TPSA) is 111 Å². The van der Waals surface area contributed by atoms with E-state index < -0.39 is 11.5 Å². The van der Waals surface area contributed by atoms with Gasteiger partial charge in [0.2, 0.25) is 0 Å². The van der Waals surface area contributed by atoms with Crippen molar-refractivity contribution in [3.8, 4) is 0 Å². The Labute approximate surface area is 187 Å². The van der Waals surface area contributed by atoms with Gasteiger partial charge in [0.05, 0.1) is 5.39 Å². The molecule has 3 aromatic carbocycles. The van der Waals surface area contributed by atoms with Gasteiger partial charge in [-0.3, -0.25) is 24.1 Å². The number of imide groups is 1. The third-order valence-corrected chi connectivity index (χ3v) is 5.60. The minimum absolute atomic E-state index is 0.0291. The summed E-state index contributed by atoms with van der Waals surface area (Å²) in [6, 6.07) is 17.4. The van der Waals surface area contributed by atoms with E-state index in [1.165, 1.54) is 0 Å². The molecule has 2 amide bonds. The van der Waals surface area contributed by atoms with E-state index >= 15 is 0 Å². The summed E-state index contributed by atoms with van der Waals surface area (Å²) in [5.74, 6) is -1.33. The number of amides is 2. The average Bonchev–Trinajstić information content (AvgIpc) is 2.84. The molecule has 1 aliphatic heterocycles. The highest BCUT2D eigenvalue weighted by Crippen LogP contribution is 2.30. The molecule has 9 nitrogen and oxygen atoms in total. The molecule has 0 N–H and O–H groups in total. The van der Waals surface area contributed by atoms with Gasteiger partial charge < -0.3 is 4.74 Å². The summed E-state index contributed by atoms with van der Waals surface area (Å²) < 4.78 is 6.10. The maximum Gasteiger partial charge on any atom is 0.307 e. The fraction of sp³-hybridized carbons (Fsp3) is 0.167. The van der Waals surface area contributed by atoms with Crippen LogP contribution in [0.25, 0.3) is 21.7 Å². The molecule has 0 fully saturated rings. The maximum atomic E-state index is 12.9. The highest BCUT2D eigenvalue weighted by molar-refractivity contribution is 6.25. The van der Waals surface area contributed by atoms with E-state index in [1.807, 2.05) is 12.1 Å². The fourth-order valence-electron chi connectivity index (χ4n) is 3.98. The Morgan fingerprint density at radius 3 is 2.30 bits per heavy atom. The van der Waals surface area contributed by atoms with Crippen LogP contribution in [0.15, 0.2) is 65.5 Å². The van der Waals surface area contributed by atoms with Gasteiger partial charge in [-0.15, -0.1) is 5.10 Å². The van der Waals surface area contributed by atoms with Gasteiger partial charge in [-0.25, -0.2) is 0 Å². The predicted octanol–water partition coefficient (Wildman–Crippen LogP) is 2.52. The van der Waals surface area contributed by atoms with Crippen molar-refractivity contribution in [1.29, 1.82) is 0 Å². The van der Waals surface area contributed by atoms with Crippen LogP contribution < -0.4 is 5.56 Å². The molecule has 0 saturated carbocycles. The molecule has 4 aromatic rings. The van der Waals surface area contributed by atoms with Crippen molar-refractivity contribution in [3.05, 3.63) is 82.1 Å². The molecule has 0 unspecified atom stereocenters. The second kappa shape index (κ2) is 8.27. The molecule has 1 aliphatic rings. The average molecular weight is 442 g/mol. The standard InChI is InChI=1S/C24H18N4O5/c29-20(33-14-28-24(32)16-8-1-2-11-19(16)25-26-28)12-5-13-27-22(30)17-9-3-6-15-7-4-10-18(21(15)17)23(27)31/h1-4,6-11H,5,12-14H2. The molecule has 0 saturated heterocycles. The first kappa shape index (κ1) is 20.5. The van der Waals surface area contributed by atoms with Crippen molar-refractivity contribution in [2.24, 2.45) is 0 Å². The molecule has 0 atom stereocenters. The number of esters is 1. The van der Waals surface area contributed by atoms with E-state index in [0.29, 0.717) is 27.4 Å². The Bertz CT molecular complexity index is 1440. The fourth-order valence-corrected chi connectivity index (χ4v) is 3.98. The first-order chi connectivity index (χ1) is 16.0. The Balaban J connectivity index is 1.21. The SMILES string of the molecule is O=C(CCCN1C(=O)c2cccc3cccc(c23)C1=O)OCn1nnc2ccccc2c1=O. The monoisotopic (exact) mass is 442 g/mol. The van der Waals surface area contributed by atoms with E-state index in [9.17, 15) is 19.2 Å². The maximum absolute atomic E-state index is 12.9. The molecule has 0 bridgehead atoms. The lowest BCUT2D eigenvalue weighted by atomic mass is 9.94. The van der Waals surface area contributed by atoms with Gasteiger partial charge in [-0.2, -0.15) is 4.68 Å². The van der Waals surface area contributed by atoms with Crippen LogP contribution in [0.5, 0.6) is 0 Å². The van der Waals surface area contributed by atoms with Crippen molar-refractivity contribution in [3.63, 3.8) is 0 Å². The largest absolute Gasteiger partial charge is 0.442 e. The summed E-state index contributed by atoms with van der Waals surface area (Å²) in [5.41, 5.74) is 0.989. The Morgan fingerprint density at radius 2 is 1.58 bits per heavy atom. The molecule has 33 heavy (non-hydrogen) atoms. The minimum atomic E-state index is -0.573. The van der Waals surface area contributed by atoms with Crippen LogP contribution in [0.3, 0.4) is 0 Å². The van der Waals surface area contributed by atoms with Crippen LogP contribution in [-0.4, -0.2) is 44.2 Å². The number of ether oxygens (including phenoxy) is 1. The number of fused-ring (bicyclic) bond motifs is 1. The molecule has 1 aromatic heterocycles. The van der Waals surface area contributed by atoms with Crippen molar-refractivity contribution < 1.29 is 19.1 Å². The van der Waals surface area contributed by atoms with Crippen molar-refractivity contribution in [1.82, 2.24) is 19.9 Å². The normalized spacial score (nSPS) is 13.0. The number of hydrogen-bond donors (Lipinski definition) is 0. The Hall–Kier alpha value is -4.40. The molecule has 5 rings (SSSR count). The van der Waals surface area contributed by atoms with Gasteiger partial charge >= 0.3 is 5.97 Å². The highest BCUT2D eigenvalue weighted by atomic mass is 16.5. The van der Waals surface area contributed by atoms with Gasteiger partial charge in [0.25, 0.3) is 17.4 Å². The second-order valence-corrected chi connectivity index (χ2v) is 7.63. The van der Waals surface area contributed by atoms with E-state index in [2.05, 4.69) is 10.3 Å². The quantitative estimate of drug-likeness (QED) is 0.333. The third-order valence-electron chi connectivity index (χ3n) is 5.60. The van der Waals surface area contributed by atoms with Gasteiger partial charge in [-0.05, 0) is 36.1 Å². The van der Waals surface area contributed by atoms with E-state index in [0.717, 1.165) is 15.0 Å². The lowest BCUT2D eigenvalue weighted by Gasteiger charge is -2.27. The number of carbonyl (C=O) groups is 3. The summed E-state index contributed by atoms with van der Waals surface area (Å²) in [5, 5.41) is 9.58. The van der Waals surface area contributed by atoms with E-state index in [-0.39, 0.29) is 37.9 Å². The molecule has 0 radical (unpaired) electrons. The van der Waals surface area contributed by atoms with Gasteiger partial charge in [-0.1, -0.05) is 41.6 Å². The molecular weight excluding hydrogens is 424 g/mol. The van der Waals surface area contributed by atoms with Gasteiger partial charge in [0.15, 0.2) is 6.73 Å². The van der Waals surface area contributed by atoms with Crippen molar-refractivity contribution in [2.45, 2.75) is 19.6 Å². The molecule has 9 heteroatoms. The zero-order chi connectivity index (χ0) is 22.9. The van der Waals surface area contributed by atoms with Crippen LogP contribution in [0.2, 0.25) is 0 Å².